The van der Waals surface area contributed by atoms with Crippen molar-refractivity contribution in [1.29, 1.82) is 0 Å². The van der Waals surface area contributed by atoms with Crippen LogP contribution in [0.4, 0.5) is 18.9 Å². The van der Waals surface area contributed by atoms with Crippen molar-refractivity contribution in [2.24, 2.45) is 0 Å². The second-order valence-electron chi connectivity index (χ2n) is 6.42. The maximum Gasteiger partial charge on any atom is 0.573 e. The monoisotopic (exact) mass is 467 g/mol. The molecule has 164 valence electrons. The van der Waals surface area contributed by atoms with E-state index in [9.17, 15) is 31.7 Å². The molecule has 0 aliphatic rings. The summed E-state index contributed by atoms with van der Waals surface area (Å²) in [5.41, 5.74) is -0.561. The SMILES string of the molecule is CN(C)C[C@@H](NS(=O)(=O)c1ccc(OC(F)(F)F)c([N+](=O)[O-])c1)c1ccc(Cl)cc1. The highest BCUT2D eigenvalue weighted by atomic mass is 35.5. The molecule has 1 N–H and O–H groups in total. The van der Waals surface area contributed by atoms with Gasteiger partial charge in [-0.05, 0) is 43.9 Å². The van der Waals surface area contributed by atoms with Crippen molar-refractivity contribution < 1.29 is 31.2 Å². The molecule has 0 heterocycles. The predicted octanol–water partition coefficient (Wildman–Crippen LogP) is 3.73. The lowest BCUT2D eigenvalue weighted by Crippen LogP contribution is -2.35. The van der Waals surface area contributed by atoms with E-state index in [1.54, 1.807) is 43.3 Å². The number of ether oxygens (including phenoxy) is 1. The number of nitro benzene ring substituents is 1. The Morgan fingerprint density at radius 2 is 1.80 bits per heavy atom. The lowest BCUT2D eigenvalue weighted by atomic mass is 10.1. The van der Waals surface area contributed by atoms with Gasteiger partial charge in [-0.1, -0.05) is 23.7 Å². The molecule has 0 saturated heterocycles. The van der Waals surface area contributed by atoms with E-state index in [0.29, 0.717) is 22.7 Å². The molecule has 0 bridgehead atoms. The molecule has 0 aromatic heterocycles. The zero-order chi connectivity index (χ0) is 22.7. The number of alkyl halides is 3. The number of halogens is 4. The van der Waals surface area contributed by atoms with Crippen LogP contribution in [0.15, 0.2) is 47.4 Å². The van der Waals surface area contributed by atoms with Gasteiger partial charge in [-0.25, -0.2) is 13.1 Å². The fourth-order valence-electron chi connectivity index (χ4n) is 2.54. The van der Waals surface area contributed by atoms with E-state index in [1.165, 1.54) is 0 Å². The summed E-state index contributed by atoms with van der Waals surface area (Å²) < 4.78 is 68.9. The number of nitro groups is 1. The van der Waals surface area contributed by atoms with E-state index < -0.39 is 43.7 Å². The molecule has 30 heavy (non-hydrogen) atoms. The summed E-state index contributed by atoms with van der Waals surface area (Å²) >= 11 is 5.85. The minimum absolute atomic E-state index is 0.234. The second-order valence-corrected chi connectivity index (χ2v) is 8.57. The van der Waals surface area contributed by atoms with Gasteiger partial charge in [-0.3, -0.25) is 10.1 Å². The molecule has 2 aromatic rings. The predicted molar refractivity (Wildman–Crippen MR) is 103 cm³/mol. The number of sulfonamides is 1. The number of nitrogens with one attached hydrogen (secondary N) is 1. The molecule has 0 aliphatic heterocycles. The molecule has 2 rings (SSSR count). The lowest BCUT2D eigenvalue weighted by molar-refractivity contribution is -0.388. The van der Waals surface area contributed by atoms with Crippen LogP contribution in [0.25, 0.3) is 0 Å². The molecular weight excluding hydrogens is 451 g/mol. The molecule has 0 unspecified atom stereocenters. The number of hydrogen-bond donors (Lipinski definition) is 1. The van der Waals surface area contributed by atoms with Crippen molar-refractivity contribution in [3.63, 3.8) is 0 Å². The third-order valence-corrected chi connectivity index (χ3v) is 5.50. The number of likely N-dealkylation sites (N-methyl/N-ethyl adjacent to an activating group) is 1. The first-order valence-corrected chi connectivity index (χ1v) is 10.1. The van der Waals surface area contributed by atoms with Crippen LogP contribution in [0, 0.1) is 10.1 Å². The van der Waals surface area contributed by atoms with Crippen LogP contribution >= 0.6 is 11.6 Å². The van der Waals surface area contributed by atoms with Crippen LogP contribution in [-0.2, 0) is 10.0 Å². The first-order valence-electron chi connectivity index (χ1n) is 8.25. The fraction of sp³-hybridized carbons (Fsp3) is 0.294. The average molecular weight is 468 g/mol. The third kappa shape index (κ3) is 6.55. The Morgan fingerprint density at radius 3 is 2.30 bits per heavy atom. The van der Waals surface area contributed by atoms with E-state index in [2.05, 4.69) is 9.46 Å². The highest BCUT2D eigenvalue weighted by molar-refractivity contribution is 7.89. The molecule has 0 saturated carbocycles. The normalized spacial score (nSPS) is 13.3. The number of hydrogen-bond acceptors (Lipinski definition) is 6. The van der Waals surface area contributed by atoms with Gasteiger partial charge < -0.3 is 9.64 Å². The second kappa shape index (κ2) is 9.16. The van der Waals surface area contributed by atoms with E-state index in [4.69, 9.17) is 11.6 Å². The molecule has 2 aromatic carbocycles. The largest absolute Gasteiger partial charge is 0.573 e. The number of nitrogens with zero attached hydrogens (tertiary/aromatic N) is 2. The van der Waals surface area contributed by atoms with Gasteiger partial charge in [0.05, 0.1) is 15.9 Å². The summed E-state index contributed by atoms with van der Waals surface area (Å²) in [5.74, 6) is -1.12. The molecule has 13 heteroatoms. The van der Waals surface area contributed by atoms with E-state index in [1.807, 2.05) is 0 Å². The highest BCUT2D eigenvalue weighted by Crippen LogP contribution is 2.34. The zero-order valence-electron chi connectivity index (χ0n) is 15.7. The van der Waals surface area contributed by atoms with Crippen LogP contribution in [0.1, 0.15) is 11.6 Å². The molecule has 1 atom stereocenters. The standard InChI is InChI=1S/C17H17ClF3N3O5S/c1-23(2)10-14(11-3-5-12(18)6-4-11)22-30(27,28)13-7-8-16(29-17(19,20)21)15(9-13)24(25)26/h3-9,14,22H,10H2,1-2H3/t14-/m1/s1. The summed E-state index contributed by atoms with van der Waals surface area (Å²) in [6, 6.07) is 7.51. The van der Waals surface area contributed by atoms with Gasteiger partial charge in [0, 0.05) is 17.6 Å². The minimum atomic E-state index is -5.17. The van der Waals surface area contributed by atoms with Crippen molar-refractivity contribution in [1.82, 2.24) is 9.62 Å². The Bertz CT molecular complexity index is 1010. The van der Waals surface area contributed by atoms with Crippen LogP contribution in [0.3, 0.4) is 0 Å². The van der Waals surface area contributed by atoms with Gasteiger partial charge in [0.1, 0.15) is 0 Å². The molecule has 0 fully saturated rings. The third-order valence-electron chi connectivity index (χ3n) is 3.78. The maximum atomic E-state index is 12.8. The molecule has 0 amide bonds. The fourth-order valence-corrected chi connectivity index (χ4v) is 3.91. The summed E-state index contributed by atoms with van der Waals surface area (Å²) in [5, 5.41) is 11.6. The first-order chi connectivity index (χ1) is 13.8. The van der Waals surface area contributed by atoms with Crippen LogP contribution in [-0.4, -0.2) is 45.2 Å². The Labute approximate surface area is 175 Å². The maximum absolute atomic E-state index is 12.8. The van der Waals surface area contributed by atoms with Gasteiger partial charge in [0.15, 0.2) is 0 Å². The van der Waals surface area contributed by atoms with Gasteiger partial charge >= 0.3 is 12.0 Å². The smallest absolute Gasteiger partial charge is 0.398 e. The van der Waals surface area contributed by atoms with Crippen molar-refractivity contribution in [2.45, 2.75) is 17.3 Å². The van der Waals surface area contributed by atoms with E-state index in [-0.39, 0.29) is 6.54 Å². The molecule has 8 nitrogen and oxygen atoms in total. The van der Waals surface area contributed by atoms with Gasteiger partial charge in [-0.15, -0.1) is 13.2 Å². The summed E-state index contributed by atoms with van der Waals surface area (Å²) in [6.07, 6.45) is -5.17. The van der Waals surface area contributed by atoms with Gasteiger partial charge in [0.25, 0.3) is 0 Å². The van der Waals surface area contributed by atoms with Gasteiger partial charge in [0.2, 0.25) is 15.8 Å². The summed E-state index contributed by atoms with van der Waals surface area (Å²) in [7, 11) is -0.904. The molecule has 0 aliphatic carbocycles. The lowest BCUT2D eigenvalue weighted by Gasteiger charge is -2.23. The van der Waals surface area contributed by atoms with Crippen molar-refractivity contribution in [3.05, 3.63) is 63.2 Å². The van der Waals surface area contributed by atoms with E-state index >= 15 is 0 Å². The van der Waals surface area contributed by atoms with E-state index in [0.717, 1.165) is 6.07 Å². The van der Waals surface area contributed by atoms with Crippen molar-refractivity contribution in [3.8, 4) is 5.75 Å². The summed E-state index contributed by atoms with van der Waals surface area (Å²) in [6.45, 7) is 0.234. The highest BCUT2D eigenvalue weighted by Gasteiger charge is 2.35. The first kappa shape index (κ1) is 23.9. The molecule has 0 spiro atoms. The molecule has 0 radical (unpaired) electrons. The van der Waals surface area contributed by atoms with Crippen molar-refractivity contribution in [2.75, 3.05) is 20.6 Å². The zero-order valence-corrected chi connectivity index (χ0v) is 17.3. The van der Waals surface area contributed by atoms with Crippen LogP contribution < -0.4 is 9.46 Å². The van der Waals surface area contributed by atoms with Crippen LogP contribution in [0.5, 0.6) is 5.75 Å². The topological polar surface area (TPSA) is 102 Å². The Morgan fingerprint density at radius 1 is 1.20 bits per heavy atom. The molecular formula is C17H17ClF3N3O5S. The Hall–Kier alpha value is -2.41. The minimum Gasteiger partial charge on any atom is -0.398 e. The van der Waals surface area contributed by atoms with Crippen molar-refractivity contribution >= 4 is 27.3 Å². The Balaban J connectivity index is 2.41. The van der Waals surface area contributed by atoms with Crippen LogP contribution in [0.2, 0.25) is 5.02 Å². The summed E-state index contributed by atoms with van der Waals surface area (Å²) in [4.78, 5) is 11.1. The number of rotatable bonds is 8. The van der Waals surface area contributed by atoms with Gasteiger partial charge in [-0.2, -0.15) is 0 Å². The number of benzene rings is 2. The average Bonchev–Trinajstić information content (AvgIpc) is 2.59. The Kier molecular flexibility index (Phi) is 7.29. The quantitative estimate of drug-likeness (QED) is 0.469.